The molecule has 1 unspecified atom stereocenters. The van der Waals surface area contributed by atoms with E-state index in [4.69, 9.17) is 0 Å². The monoisotopic (exact) mass is 306 g/mol. The molecule has 8 heteroatoms. The number of rotatable bonds is 4. The molecule has 2 aromatic heterocycles. The maximum absolute atomic E-state index is 11.8. The minimum absolute atomic E-state index is 0.137. The lowest BCUT2D eigenvalue weighted by Gasteiger charge is -2.33. The van der Waals surface area contributed by atoms with Crippen LogP contribution in [0.1, 0.15) is 25.6 Å². The highest BCUT2D eigenvalue weighted by Crippen LogP contribution is 2.19. The predicted octanol–water partition coefficient (Wildman–Crippen LogP) is 1.26. The highest BCUT2D eigenvalue weighted by atomic mass is 32.1. The number of H-pyrrole nitrogens is 1. The van der Waals surface area contributed by atoms with Crippen LogP contribution in [0.15, 0.2) is 17.2 Å². The third-order valence-electron chi connectivity index (χ3n) is 3.52. The van der Waals surface area contributed by atoms with Crippen molar-refractivity contribution in [2.24, 2.45) is 0 Å². The molecule has 1 atom stereocenters. The molecule has 3 heterocycles. The zero-order chi connectivity index (χ0) is 14.7. The number of piperidine rings is 1. The Morgan fingerprint density at radius 1 is 1.57 bits per heavy atom. The van der Waals surface area contributed by atoms with Gasteiger partial charge in [0.25, 0.3) is 5.56 Å². The first-order valence-electron chi connectivity index (χ1n) is 7.14. The fraction of sp³-hybridized carbons (Fsp3) is 0.538. The summed E-state index contributed by atoms with van der Waals surface area (Å²) >= 11 is 1.39. The number of aromatic nitrogens is 4. The van der Waals surface area contributed by atoms with Crippen LogP contribution in [-0.4, -0.2) is 38.5 Å². The van der Waals surface area contributed by atoms with Gasteiger partial charge in [0.15, 0.2) is 5.82 Å². The minimum atomic E-state index is -0.137. The van der Waals surface area contributed by atoms with Crippen LogP contribution < -0.4 is 15.8 Å². The zero-order valence-electron chi connectivity index (χ0n) is 11.9. The van der Waals surface area contributed by atoms with E-state index in [1.54, 1.807) is 12.4 Å². The molecule has 7 nitrogen and oxygen atoms in total. The summed E-state index contributed by atoms with van der Waals surface area (Å²) in [5.74, 6) is 1.37. The first-order valence-corrected chi connectivity index (χ1v) is 7.91. The van der Waals surface area contributed by atoms with Gasteiger partial charge in [0.2, 0.25) is 5.13 Å². The largest absolute Gasteiger partial charge is 0.356 e. The van der Waals surface area contributed by atoms with Crippen molar-refractivity contribution >= 4 is 22.5 Å². The number of hydrogen-bond acceptors (Lipinski definition) is 7. The van der Waals surface area contributed by atoms with Crippen molar-refractivity contribution in [3.8, 4) is 0 Å². The molecule has 0 aliphatic carbocycles. The molecular weight excluding hydrogens is 288 g/mol. The summed E-state index contributed by atoms with van der Waals surface area (Å²) in [5.41, 5.74) is -0.137. The fourth-order valence-electron chi connectivity index (χ4n) is 2.49. The summed E-state index contributed by atoms with van der Waals surface area (Å²) in [6, 6.07) is 0.262. The van der Waals surface area contributed by atoms with Crippen molar-refractivity contribution < 1.29 is 0 Å². The smallest absolute Gasteiger partial charge is 0.290 e. The van der Waals surface area contributed by atoms with E-state index in [1.165, 1.54) is 11.5 Å². The Hall–Kier alpha value is -1.96. The van der Waals surface area contributed by atoms with Crippen LogP contribution in [0.3, 0.4) is 0 Å². The molecule has 1 saturated heterocycles. The Kier molecular flexibility index (Phi) is 4.14. The Labute approximate surface area is 126 Å². The van der Waals surface area contributed by atoms with Crippen LogP contribution in [0, 0.1) is 0 Å². The third kappa shape index (κ3) is 3.21. The second kappa shape index (κ2) is 6.21. The van der Waals surface area contributed by atoms with Gasteiger partial charge in [0.1, 0.15) is 5.82 Å². The molecule has 0 spiro atoms. The van der Waals surface area contributed by atoms with Gasteiger partial charge >= 0.3 is 0 Å². The lowest BCUT2D eigenvalue weighted by molar-refractivity contribution is 0.525. The van der Waals surface area contributed by atoms with E-state index in [2.05, 4.69) is 24.6 Å². The van der Waals surface area contributed by atoms with Gasteiger partial charge in [-0.1, -0.05) is 6.92 Å². The van der Waals surface area contributed by atoms with Gasteiger partial charge in [0, 0.05) is 49.5 Å². The summed E-state index contributed by atoms with van der Waals surface area (Å²) in [4.78, 5) is 25.1. The number of nitrogens with one attached hydrogen (secondary N) is 2. The van der Waals surface area contributed by atoms with Gasteiger partial charge in [-0.25, -0.2) is 9.97 Å². The second-order valence-corrected chi connectivity index (χ2v) is 5.79. The normalized spacial score (nSPS) is 18.7. The third-order valence-corrected chi connectivity index (χ3v) is 4.21. The molecule has 0 radical (unpaired) electrons. The van der Waals surface area contributed by atoms with Gasteiger partial charge in [0.05, 0.1) is 0 Å². The Balaban J connectivity index is 1.68. The minimum Gasteiger partial charge on any atom is -0.356 e. The van der Waals surface area contributed by atoms with Crippen LogP contribution in [0.25, 0.3) is 0 Å². The fourth-order valence-corrected chi connectivity index (χ4v) is 3.21. The lowest BCUT2D eigenvalue weighted by Crippen LogP contribution is -2.44. The summed E-state index contributed by atoms with van der Waals surface area (Å²) in [6.45, 7) is 3.65. The number of anilines is 2. The summed E-state index contributed by atoms with van der Waals surface area (Å²) < 4.78 is 4.28. The molecular formula is C13H18N6OS. The highest BCUT2D eigenvalue weighted by molar-refractivity contribution is 7.09. The average Bonchev–Trinajstić information content (AvgIpc) is 2.96. The topological polar surface area (TPSA) is 86.8 Å². The molecule has 3 rings (SSSR count). The SMILES string of the molecule is CCc1nsc(NC2CCCN(c3ncc[nH]c3=O)C2)n1. The standard InChI is InChI=1S/C13H18N6OS/c1-2-10-17-13(21-18-10)16-9-4-3-7-19(8-9)11-12(20)15-6-5-14-11/h5-6,9H,2-4,7-8H2,1H3,(H,15,20)(H,16,17,18). The molecule has 0 aromatic carbocycles. The van der Waals surface area contributed by atoms with E-state index in [0.717, 1.165) is 43.3 Å². The number of hydrogen-bond donors (Lipinski definition) is 2. The maximum Gasteiger partial charge on any atom is 0.290 e. The number of nitrogens with zero attached hydrogens (tertiary/aromatic N) is 4. The van der Waals surface area contributed by atoms with E-state index in [0.29, 0.717) is 5.82 Å². The molecule has 1 aliphatic rings. The Bertz CT molecular complexity index is 654. The molecule has 0 bridgehead atoms. The summed E-state index contributed by atoms with van der Waals surface area (Å²) in [5, 5.41) is 4.27. The lowest BCUT2D eigenvalue weighted by atomic mass is 10.1. The van der Waals surface area contributed by atoms with E-state index in [1.807, 2.05) is 11.8 Å². The van der Waals surface area contributed by atoms with Gasteiger partial charge < -0.3 is 15.2 Å². The van der Waals surface area contributed by atoms with Crippen molar-refractivity contribution in [3.05, 3.63) is 28.6 Å². The van der Waals surface area contributed by atoms with Crippen LogP contribution in [0.5, 0.6) is 0 Å². The number of aryl methyl sites for hydroxylation is 1. The quantitative estimate of drug-likeness (QED) is 0.884. The Morgan fingerprint density at radius 2 is 2.48 bits per heavy atom. The van der Waals surface area contributed by atoms with Crippen LogP contribution in [-0.2, 0) is 6.42 Å². The first kappa shape index (κ1) is 14.0. The molecule has 0 saturated carbocycles. The predicted molar refractivity (Wildman–Crippen MR) is 83.0 cm³/mol. The van der Waals surface area contributed by atoms with Crippen molar-refractivity contribution in [3.63, 3.8) is 0 Å². The van der Waals surface area contributed by atoms with E-state index >= 15 is 0 Å². The average molecular weight is 306 g/mol. The molecule has 112 valence electrons. The van der Waals surface area contributed by atoms with Crippen LogP contribution in [0.2, 0.25) is 0 Å². The van der Waals surface area contributed by atoms with Gasteiger partial charge in [-0.3, -0.25) is 4.79 Å². The number of aromatic amines is 1. The summed E-state index contributed by atoms with van der Waals surface area (Å²) in [6.07, 6.45) is 6.10. The molecule has 1 aliphatic heterocycles. The summed E-state index contributed by atoms with van der Waals surface area (Å²) in [7, 11) is 0. The van der Waals surface area contributed by atoms with E-state index in [9.17, 15) is 4.79 Å². The maximum atomic E-state index is 11.8. The van der Waals surface area contributed by atoms with Gasteiger partial charge in [-0.05, 0) is 12.8 Å². The van der Waals surface area contributed by atoms with Crippen LogP contribution >= 0.6 is 11.5 Å². The van der Waals surface area contributed by atoms with E-state index < -0.39 is 0 Å². The van der Waals surface area contributed by atoms with Crippen LogP contribution in [0.4, 0.5) is 10.9 Å². The molecule has 2 N–H and O–H groups in total. The van der Waals surface area contributed by atoms with Gasteiger partial charge in [-0.2, -0.15) is 4.37 Å². The van der Waals surface area contributed by atoms with Crippen molar-refractivity contribution in [1.82, 2.24) is 19.3 Å². The van der Waals surface area contributed by atoms with E-state index in [-0.39, 0.29) is 11.6 Å². The molecule has 21 heavy (non-hydrogen) atoms. The van der Waals surface area contributed by atoms with Gasteiger partial charge in [-0.15, -0.1) is 0 Å². The second-order valence-electron chi connectivity index (χ2n) is 5.04. The Morgan fingerprint density at radius 3 is 3.24 bits per heavy atom. The van der Waals surface area contributed by atoms with Crippen molar-refractivity contribution in [1.29, 1.82) is 0 Å². The molecule has 0 amide bonds. The van der Waals surface area contributed by atoms with Crippen molar-refractivity contribution in [2.75, 3.05) is 23.3 Å². The van der Waals surface area contributed by atoms with Crippen molar-refractivity contribution in [2.45, 2.75) is 32.2 Å². The highest BCUT2D eigenvalue weighted by Gasteiger charge is 2.23. The molecule has 1 fully saturated rings. The first-order chi connectivity index (χ1) is 10.3. The molecule has 2 aromatic rings. The zero-order valence-corrected chi connectivity index (χ0v) is 12.7.